The smallest absolute Gasteiger partial charge is 0.251 e. The van der Waals surface area contributed by atoms with Gasteiger partial charge in [0.05, 0.1) is 19.0 Å². The summed E-state index contributed by atoms with van der Waals surface area (Å²) in [5, 5.41) is 2.85. The molecule has 0 radical (unpaired) electrons. The van der Waals surface area contributed by atoms with E-state index in [-0.39, 0.29) is 24.2 Å². The molecule has 0 bridgehead atoms. The Bertz CT molecular complexity index is 973. The zero-order valence-corrected chi connectivity index (χ0v) is 17.4. The zero-order chi connectivity index (χ0) is 20.9. The van der Waals surface area contributed by atoms with Crippen LogP contribution in [-0.4, -0.2) is 33.6 Å². The van der Waals surface area contributed by atoms with Crippen molar-refractivity contribution in [2.24, 2.45) is 0 Å². The van der Waals surface area contributed by atoms with Gasteiger partial charge in [-0.1, -0.05) is 24.3 Å². The topological polar surface area (TPSA) is 93.7 Å². The lowest BCUT2D eigenvalue weighted by molar-refractivity contribution is 0.0950. The lowest BCUT2D eigenvalue weighted by Crippen LogP contribution is -2.32. The molecule has 156 valence electrons. The van der Waals surface area contributed by atoms with Crippen LogP contribution in [0.2, 0.25) is 0 Å². The number of fused-ring (bicyclic) bond motifs is 1. The quantitative estimate of drug-likeness (QED) is 0.721. The van der Waals surface area contributed by atoms with E-state index in [2.05, 4.69) is 10.0 Å². The summed E-state index contributed by atoms with van der Waals surface area (Å²) in [6.07, 6.45) is 0.793. The van der Waals surface area contributed by atoms with Crippen molar-refractivity contribution in [2.75, 3.05) is 13.2 Å². The number of ether oxygens (including phenoxy) is 2. The molecule has 1 heterocycles. The highest BCUT2D eigenvalue weighted by Gasteiger charge is 2.17. The molecule has 0 saturated heterocycles. The van der Waals surface area contributed by atoms with Crippen LogP contribution in [0.4, 0.5) is 0 Å². The van der Waals surface area contributed by atoms with Crippen molar-refractivity contribution in [3.63, 3.8) is 0 Å². The van der Waals surface area contributed by atoms with Crippen LogP contribution in [0.1, 0.15) is 41.8 Å². The van der Waals surface area contributed by atoms with E-state index in [4.69, 9.17) is 9.47 Å². The summed E-state index contributed by atoms with van der Waals surface area (Å²) >= 11 is 0. The van der Waals surface area contributed by atoms with Crippen LogP contribution in [-0.2, 0) is 22.3 Å². The van der Waals surface area contributed by atoms with Crippen LogP contribution in [0.5, 0.6) is 11.5 Å². The SMILES string of the molecule is CC(C)NS(=O)(=O)Cc1ccccc1CNC(=O)c1ccc2c(c1)OCCCO2. The number of sulfonamides is 1. The number of nitrogens with one attached hydrogen (secondary N) is 2. The fourth-order valence-electron chi connectivity index (χ4n) is 3.06. The molecule has 0 aliphatic carbocycles. The van der Waals surface area contributed by atoms with Crippen molar-refractivity contribution in [3.05, 3.63) is 59.2 Å². The lowest BCUT2D eigenvalue weighted by Gasteiger charge is -2.14. The summed E-state index contributed by atoms with van der Waals surface area (Å²) in [5.74, 6) is 0.786. The van der Waals surface area contributed by atoms with Gasteiger partial charge >= 0.3 is 0 Å². The molecule has 0 aromatic heterocycles. The minimum absolute atomic E-state index is 0.138. The van der Waals surface area contributed by atoms with E-state index in [1.54, 1.807) is 44.2 Å². The van der Waals surface area contributed by atoms with Crippen molar-refractivity contribution in [1.29, 1.82) is 0 Å². The van der Waals surface area contributed by atoms with E-state index in [0.717, 1.165) is 12.0 Å². The first kappa shape index (κ1) is 21.1. The largest absolute Gasteiger partial charge is 0.490 e. The molecule has 2 N–H and O–H groups in total. The van der Waals surface area contributed by atoms with Gasteiger partial charge in [-0.3, -0.25) is 4.79 Å². The third kappa shape index (κ3) is 5.95. The second kappa shape index (κ2) is 9.28. The molecule has 7 nitrogen and oxygen atoms in total. The highest BCUT2D eigenvalue weighted by atomic mass is 32.2. The summed E-state index contributed by atoms with van der Waals surface area (Å²) in [6.45, 7) is 4.91. The lowest BCUT2D eigenvalue weighted by atomic mass is 10.1. The molecule has 2 aromatic rings. The van der Waals surface area contributed by atoms with Crippen LogP contribution in [0.3, 0.4) is 0 Å². The average molecular weight is 419 g/mol. The monoisotopic (exact) mass is 418 g/mol. The highest BCUT2D eigenvalue weighted by molar-refractivity contribution is 7.88. The van der Waals surface area contributed by atoms with Gasteiger partial charge in [-0.05, 0) is 43.2 Å². The third-order valence-corrected chi connectivity index (χ3v) is 5.85. The van der Waals surface area contributed by atoms with Gasteiger partial charge in [0.2, 0.25) is 10.0 Å². The Morgan fingerprint density at radius 3 is 2.45 bits per heavy atom. The van der Waals surface area contributed by atoms with Gasteiger partial charge in [0, 0.05) is 24.6 Å². The summed E-state index contributed by atoms with van der Waals surface area (Å²) in [7, 11) is -3.45. The normalized spacial score (nSPS) is 13.8. The minimum atomic E-state index is -3.45. The van der Waals surface area contributed by atoms with E-state index >= 15 is 0 Å². The van der Waals surface area contributed by atoms with Crippen LogP contribution < -0.4 is 19.5 Å². The van der Waals surface area contributed by atoms with Crippen LogP contribution in [0, 0.1) is 0 Å². The van der Waals surface area contributed by atoms with E-state index in [0.29, 0.717) is 35.8 Å². The second-order valence-corrected chi connectivity index (χ2v) is 8.95. The molecule has 29 heavy (non-hydrogen) atoms. The first-order valence-electron chi connectivity index (χ1n) is 9.59. The maximum Gasteiger partial charge on any atom is 0.251 e. The van der Waals surface area contributed by atoms with Crippen molar-refractivity contribution >= 4 is 15.9 Å². The first-order valence-corrected chi connectivity index (χ1v) is 11.2. The Kier molecular flexibility index (Phi) is 6.76. The Labute approximate surface area is 171 Å². The number of rotatable bonds is 7. The van der Waals surface area contributed by atoms with E-state index in [1.807, 2.05) is 12.1 Å². The summed E-state index contributed by atoms with van der Waals surface area (Å²) in [4.78, 5) is 12.6. The van der Waals surface area contributed by atoms with Crippen LogP contribution in [0.25, 0.3) is 0 Å². The van der Waals surface area contributed by atoms with Crippen molar-refractivity contribution in [1.82, 2.24) is 10.0 Å². The predicted octanol–water partition coefficient (Wildman–Crippen LogP) is 2.61. The predicted molar refractivity (Wildman–Crippen MR) is 111 cm³/mol. The molecule has 0 atom stereocenters. The molecule has 1 aliphatic rings. The molecule has 0 fully saturated rings. The van der Waals surface area contributed by atoms with E-state index in [9.17, 15) is 13.2 Å². The molecule has 0 spiro atoms. The Morgan fingerprint density at radius 2 is 1.72 bits per heavy atom. The van der Waals surface area contributed by atoms with E-state index < -0.39 is 10.0 Å². The van der Waals surface area contributed by atoms with Crippen molar-refractivity contribution in [2.45, 2.75) is 38.6 Å². The Morgan fingerprint density at radius 1 is 1.03 bits per heavy atom. The van der Waals surface area contributed by atoms with Gasteiger partial charge in [-0.25, -0.2) is 13.1 Å². The van der Waals surface area contributed by atoms with Gasteiger partial charge in [-0.15, -0.1) is 0 Å². The van der Waals surface area contributed by atoms with Gasteiger partial charge in [0.15, 0.2) is 11.5 Å². The Balaban J connectivity index is 1.69. The molecule has 1 amide bonds. The van der Waals surface area contributed by atoms with Crippen molar-refractivity contribution < 1.29 is 22.7 Å². The standard InChI is InChI=1S/C21H26N2O5S/c1-15(2)23-29(25,26)14-18-7-4-3-6-17(18)13-22-21(24)16-8-9-19-20(12-16)28-11-5-10-27-19/h3-4,6-9,12,15,23H,5,10-11,13-14H2,1-2H3,(H,22,24). The average Bonchev–Trinajstić information content (AvgIpc) is 2.90. The maximum absolute atomic E-state index is 12.6. The molecule has 0 unspecified atom stereocenters. The zero-order valence-electron chi connectivity index (χ0n) is 16.6. The van der Waals surface area contributed by atoms with Gasteiger partial charge in [0.25, 0.3) is 5.91 Å². The number of hydrogen-bond acceptors (Lipinski definition) is 5. The molecule has 8 heteroatoms. The Hall–Kier alpha value is -2.58. The highest BCUT2D eigenvalue weighted by Crippen LogP contribution is 2.30. The number of amides is 1. The molecule has 3 rings (SSSR count). The van der Waals surface area contributed by atoms with Gasteiger partial charge in [0.1, 0.15) is 0 Å². The molecular weight excluding hydrogens is 392 g/mol. The second-order valence-electron chi connectivity index (χ2n) is 7.20. The van der Waals surface area contributed by atoms with Crippen LogP contribution >= 0.6 is 0 Å². The molecule has 0 saturated carbocycles. The molecule has 1 aliphatic heterocycles. The van der Waals surface area contributed by atoms with Crippen LogP contribution in [0.15, 0.2) is 42.5 Å². The summed E-state index contributed by atoms with van der Waals surface area (Å²) < 4.78 is 38.3. The number of carbonyl (C=O) groups excluding carboxylic acids is 1. The third-order valence-electron chi connectivity index (χ3n) is 4.33. The minimum Gasteiger partial charge on any atom is -0.490 e. The number of hydrogen-bond donors (Lipinski definition) is 2. The first-order chi connectivity index (χ1) is 13.8. The summed E-state index contributed by atoms with van der Waals surface area (Å²) in [5.41, 5.74) is 1.87. The maximum atomic E-state index is 12.6. The van der Waals surface area contributed by atoms with Gasteiger partial charge < -0.3 is 14.8 Å². The van der Waals surface area contributed by atoms with Gasteiger partial charge in [-0.2, -0.15) is 0 Å². The molecular formula is C21H26N2O5S. The fourth-order valence-corrected chi connectivity index (χ4v) is 4.55. The fraction of sp³-hybridized carbons (Fsp3) is 0.381. The number of benzene rings is 2. The van der Waals surface area contributed by atoms with E-state index in [1.165, 1.54) is 0 Å². The molecule has 2 aromatic carbocycles. The summed E-state index contributed by atoms with van der Waals surface area (Å²) in [6, 6.07) is 12.1. The van der Waals surface area contributed by atoms with Crippen molar-refractivity contribution in [3.8, 4) is 11.5 Å². The number of carbonyl (C=O) groups is 1.